The van der Waals surface area contributed by atoms with Crippen molar-refractivity contribution in [1.29, 1.82) is 0 Å². The van der Waals surface area contributed by atoms with Gasteiger partial charge >= 0.3 is 0 Å². The molecule has 1 aromatic rings. The van der Waals surface area contributed by atoms with Crippen LogP contribution in [0.3, 0.4) is 0 Å². The minimum atomic E-state index is -0.536. The molecule has 1 fully saturated rings. The molecule has 0 aliphatic heterocycles. The molecule has 0 aromatic heterocycles. The number of likely N-dealkylation sites (N-methyl/N-ethyl adjacent to an activating group) is 1. The summed E-state index contributed by atoms with van der Waals surface area (Å²) in [6.07, 6.45) is 4.63. The first-order valence-electron chi connectivity index (χ1n) is 9.46. The van der Waals surface area contributed by atoms with Gasteiger partial charge in [-0.1, -0.05) is 12.5 Å². The maximum atomic E-state index is 14.2. The lowest BCUT2D eigenvalue weighted by Gasteiger charge is -2.42. The fourth-order valence-electron chi connectivity index (χ4n) is 3.57. The van der Waals surface area contributed by atoms with Gasteiger partial charge in [-0.05, 0) is 50.9 Å². The molecule has 0 bridgehead atoms. The maximum absolute atomic E-state index is 14.2. The molecule has 1 aromatic carbocycles. The highest BCUT2D eigenvalue weighted by Gasteiger charge is 2.36. The number of nitrogens with zero attached hydrogens (tertiary/aromatic N) is 2. The Morgan fingerprint density at radius 2 is 1.93 bits per heavy atom. The van der Waals surface area contributed by atoms with Crippen molar-refractivity contribution in [3.63, 3.8) is 0 Å². The molecule has 0 amide bonds. The van der Waals surface area contributed by atoms with E-state index in [0.29, 0.717) is 12.5 Å². The zero-order chi connectivity index (χ0) is 19.9. The van der Waals surface area contributed by atoms with Gasteiger partial charge in [0.05, 0.1) is 6.04 Å². The third-order valence-corrected chi connectivity index (χ3v) is 5.52. The predicted octanol–water partition coefficient (Wildman–Crippen LogP) is 2.94. The molecule has 0 radical (unpaired) electrons. The number of ether oxygens (including phenoxy) is 1. The Morgan fingerprint density at radius 3 is 2.41 bits per heavy atom. The summed E-state index contributed by atoms with van der Waals surface area (Å²) in [5.41, 5.74) is 0.327. The lowest BCUT2D eigenvalue weighted by atomic mass is 9.67. The molecule has 1 unspecified atom stereocenters. The van der Waals surface area contributed by atoms with Crippen LogP contribution >= 0.6 is 0 Å². The SMILES string of the molecule is CN=C(NCC(c1c(F)cccc1F)N(C)C)NCC1(CCOC)CCC1. The number of aliphatic imine (C=N–C) groups is 1. The second-order valence-electron chi connectivity index (χ2n) is 7.52. The van der Waals surface area contributed by atoms with Crippen LogP contribution in [0.1, 0.15) is 37.3 Å². The highest BCUT2D eigenvalue weighted by molar-refractivity contribution is 5.79. The second kappa shape index (κ2) is 9.99. The molecule has 1 saturated carbocycles. The standard InChI is InChI=1S/C20H32F2N4O/c1-23-19(25-14-20(9-6-10-20)11-12-27-4)24-13-17(26(2)3)18-15(21)7-5-8-16(18)22/h5,7-8,17H,6,9-14H2,1-4H3,(H2,23,24,25). The number of guanidine groups is 1. The van der Waals surface area contributed by atoms with E-state index in [-0.39, 0.29) is 11.0 Å². The van der Waals surface area contributed by atoms with Crippen molar-refractivity contribution in [3.8, 4) is 0 Å². The molecule has 2 rings (SSSR count). The Balaban J connectivity index is 1.97. The van der Waals surface area contributed by atoms with Crippen LogP contribution in [0.25, 0.3) is 0 Å². The molecular weight excluding hydrogens is 350 g/mol. The van der Waals surface area contributed by atoms with Gasteiger partial charge in [-0.15, -0.1) is 0 Å². The molecule has 1 aliphatic rings. The van der Waals surface area contributed by atoms with Gasteiger partial charge in [0.1, 0.15) is 11.6 Å². The monoisotopic (exact) mass is 382 g/mol. The fourth-order valence-corrected chi connectivity index (χ4v) is 3.57. The van der Waals surface area contributed by atoms with Gasteiger partial charge < -0.3 is 20.3 Å². The van der Waals surface area contributed by atoms with E-state index < -0.39 is 17.7 Å². The molecule has 1 aliphatic carbocycles. The summed E-state index contributed by atoms with van der Waals surface area (Å²) in [6.45, 7) is 1.91. The smallest absolute Gasteiger partial charge is 0.191 e. The number of nitrogens with one attached hydrogen (secondary N) is 2. The van der Waals surface area contributed by atoms with Crippen molar-refractivity contribution in [2.24, 2.45) is 10.4 Å². The van der Waals surface area contributed by atoms with Gasteiger partial charge in [-0.2, -0.15) is 0 Å². The Labute approximate surface area is 161 Å². The van der Waals surface area contributed by atoms with Gasteiger partial charge in [0.2, 0.25) is 0 Å². The lowest BCUT2D eigenvalue weighted by molar-refractivity contribution is 0.0732. The summed E-state index contributed by atoms with van der Waals surface area (Å²) in [6, 6.07) is 3.51. The minimum absolute atomic E-state index is 0.0704. The van der Waals surface area contributed by atoms with E-state index in [0.717, 1.165) is 19.6 Å². The third-order valence-electron chi connectivity index (χ3n) is 5.52. The van der Waals surface area contributed by atoms with Crippen molar-refractivity contribution in [1.82, 2.24) is 15.5 Å². The second-order valence-corrected chi connectivity index (χ2v) is 7.52. The van der Waals surface area contributed by atoms with Gasteiger partial charge in [-0.25, -0.2) is 8.78 Å². The van der Waals surface area contributed by atoms with E-state index in [9.17, 15) is 8.78 Å². The normalized spacial score (nSPS) is 17.5. The predicted molar refractivity (Wildman–Crippen MR) is 105 cm³/mol. The van der Waals surface area contributed by atoms with E-state index in [1.54, 1.807) is 19.1 Å². The summed E-state index contributed by atoms with van der Waals surface area (Å²) >= 11 is 0. The largest absolute Gasteiger partial charge is 0.385 e. The summed E-state index contributed by atoms with van der Waals surface area (Å²) in [4.78, 5) is 6.06. The van der Waals surface area contributed by atoms with Crippen molar-refractivity contribution in [2.75, 3.05) is 47.9 Å². The van der Waals surface area contributed by atoms with E-state index in [4.69, 9.17) is 4.74 Å². The average Bonchev–Trinajstić information content (AvgIpc) is 2.60. The van der Waals surface area contributed by atoms with Crippen molar-refractivity contribution in [3.05, 3.63) is 35.4 Å². The number of halogens is 2. The Kier molecular flexibility index (Phi) is 7.98. The van der Waals surface area contributed by atoms with Gasteiger partial charge in [0.25, 0.3) is 0 Å². The summed E-state index contributed by atoms with van der Waals surface area (Å²) in [5.74, 6) is -0.430. The molecule has 0 spiro atoms. The van der Waals surface area contributed by atoms with Crippen LogP contribution < -0.4 is 10.6 Å². The molecule has 7 heteroatoms. The van der Waals surface area contributed by atoms with Gasteiger partial charge in [0, 0.05) is 39.4 Å². The molecule has 5 nitrogen and oxygen atoms in total. The molecule has 27 heavy (non-hydrogen) atoms. The van der Waals surface area contributed by atoms with Crippen LogP contribution in [0.2, 0.25) is 0 Å². The lowest BCUT2D eigenvalue weighted by Crippen LogP contribution is -2.48. The van der Waals surface area contributed by atoms with Gasteiger partial charge in [0.15, 0.2) is 5.96 Å². The molecule has 0 heterocycles. The summed E-state index contributed by atoms with van der Waals surface area (Å²) in [5, 5.41) is 6.59. The highest BCUT2D eigenvalue weighted by Crippen LogP contribution is 2.43. The summed E-state index contributed by atoms with van der Waals surface area (Å²) < 4.78 is 33.6. The first kappa shape index (κ1) is 21.6. The number of hydrogen-bond donors (Lipinski definition) is 2. The quantitative estimate of drug-likeness (QED) is 0.509. The zero-order valence-electron chi connectivity index (χ0n) is 16.8. The average molecular weight is 382 g/mol. The van der Waals surface area contributed by atoms with Crippen LogP contribution in [-0.2, 0) is 4.74 Å². The molecule has 2 N–H and O–H groups in total. The van der Waals surface area contributed by atoms with E-state index in [1.165, 1.54) is 37.5 Å². The van der Waals surface area contributed by atoms with E-state index in [1.807, 2.05) is 14.1 Å². The first-order chi connectivity index (χ1) is 12.9. The third kappa shape index (κ3) is 5.62. The van der Waals surface area contributed by atoms with Crippen LogP contribution in [0.5, 0.6) is 0 Å². The van der Waals surface area contributed by atoms with Crippen LogP contribution in [0, 0.1) is 17.0 Å². The van der Waals surface area contributed by atoms with E-state index >= 15 is 0 Å². The number of methoxy groups -OCH3 is 1. The van der Waals surface area contributed by atoms with Crippen molar-refractivity contribution in [2.45, 2.75) is 31.7 Å². The van der Waals surface area contributed by atoms with Crippen LogP contribution in [0.4, 0.5) is 8.78 Å². The number of rotatable bonds is 9. The van der Waals surface area contributed by atoms with Gasteiger partial charge in [-0.3, -0.25) is 4.99 Å². The van der Waals surface area contributed by atoms with Crippen molar-refractivity contribution >= 4 is 5.96 Å². The van der Waals surface area contributed by atoms with Crippen molar-refractivity contribution < 1.29 is 13.5 Å². The Morgan fingerprint density at radius 1 is 1.26 bits per heavy atom. The molecule has 0 saturated heterocycles. The molecule has 152 valence electrons. The number of benzene rings is 1. The number of hydrogen-bond acceptors (Lipinski definition) is 3. The molecular formula is C20H32F2N4O. The Bertz CT molecular complexity index is 612. The maximum Gasteiger partial charge on any atom is 0.191 e. The topological polar surface area (TPSA) is 48.9 Å². The summed E-state index contributed by atoms with van der Waals surface area (Å²) in [7, 11) is 7.04. The molecule has 1 atom stereocenters. The highest BCUT2D eigenvalue weighted by atomic mass is 19.1. The van der Waals surface area contributed by atoms with Crippen LogP contribution in [-0.4, -0.2) is 58.8 Å². The first-order valence-corrected chi connectivity index (χ1v) is 9.46. The van der Waals surface area contributed by atoms with E-state index in [2.05, 4.69) is 15.6 Å². The Hall–Kier alpha value is -1.73. The zero-order valence-corrected chi connectivity index (χ0v) is 16.8. The fraction of sp³-hybridized carbons (Fsp3) is 0.650. The van der Waals surface area contributed by atoms with Crippen LogP contribution in [0.15, 0.2) is 23.2 Å². The minimum Gasteiger partial charge on any atom is -0.385 e.